The number of pyridine rings is 1. The summed E-state index contributed by atoms with van der Waals surface area (Å²) in [5, 5.41) is 13.6. The number of halogens is 3. The van der Waals surface area contributed by atoms with Crippen molar-refractivity contribution in [3.05, 3.63) is 65.9 Å². The van der Waals surface area contributed by atoms with E-state index in [0.717, 1.165) is 5.39 Å². The lowest BCUT2D eigenvalue weighted by atomic mass is 9.93. The van der Waals surface area contributed by atoms with E-state index in [9.17, 15) is 23.2 Å². The Morgan fingerprint density at radius 3 is 2.61 bits per heavy atom. The van der Waals surface area contributed by atoms with Crippen molar-refractivity contribution in [1.29, 1.82) is 5.26 Å². The van der Waals surface area contributed by atoms with Gasteiger partial charge >= 0.3 is 12.5 Å². The first-order valence-electron chi connectivity index (χ1n) is 11.3. The fourth-order valence-electron chi connectivity index (χ4n) is 4.29. The third-order valence-electron chi connectivity index (χ3n) is 5.72. The van der Waals surface area contributed by atoms with E-state index >= 15 is 0 Å². The first-order valence-corrected chi connectivity index (χ1v) is 11.3. The Kier molecular flexibility index (Phi) is 6.67. The van der Waals surface area contributed by atoms with E-state index in [2.05, 4.69) is 21.1 Å². The molecule has 10 heteroatoms. The number of rotatable bonds is 4. The van der Waals surface area contributed by atoms with Gasteiger partial charge in [0, 0.05) is 36.3 Å². The molecule has 0 saturated carbocycles. The molecule has 4 rings (SSSR count). The van der Waals surface area contributed by atoms with Crippen molar-refractivity contribution in [2.45, 2.75) is 44.7 Å². The molecule has 0 spiro atoms. The Balaban J connectivity index is 1.69. The Labute approximate surface area is 206 Å². The number of ether oxygens (including phenoxy) is 2. The summed E-state index contributed by atoms with van der Waals surface area (Å²) in [6.45, 7) is 5.78. The lowest BCUT2D eigenvalue weighted by Crippen LogP contribution is -2.36. The van der Waals surface area contributed by atoms with Gasteiger partial charge in [-0.3, -0.25) is 4.98 Å². The Morgan fingerprint density at radius 1 is 1.14 bits per heavy atom. The second-order valence-corrected chi connectivity index (χ2v) is 9.53. The van der Waals surface area contributed by atoms with Crippen molar-refractivity contribution in [3.63, 3.8) is 0 Å². The number of carbonyl (C=O) groups is 1. The molecule has 0 bridgehead atoms. The molecule has 1 amide bonds. The largest absolute Gasteiger partial charge is 0.573 e. The predicted molar refractivity (Wildman–Crippen MR) is 128 cm³/mol. The molecule has 2 heterocycles. The molecule has 1 aromatic heterocycles. The quantitative estimate of drug-likeness (QED) is 0.488. The van der Waals surface area contributed by atoms with Gasteiger partial charge in [-0.2, -0.15) is 5.26 Å². The molecule has 2 unspecified atom stereocenters. The Bertz CT molecular complexity index is 1310. The van der Waals surface area contributed by atoms with Crippen LogP contribution < -0.4 is 10.1 Å². The number of hydrogen-bond donors (Lipinski definition) is 1. The smallest absolute Gasteiger partial charge is 0.444 e. The molecule has 1 aliphatic rings. The van der Waals surface area contributed by atoms with Gasteiger partial charge < -0.3 is 19.7 Å². The van der Waals surface area contributed by atoms with Crippen LogP contribution in [0.25, 0.3) is 10.9 Å². The van der Waals surface area contributed by atoms with Crippen molar-refractivity contribution in [1.82, 2.24) is 9.88 Å². The molecule has 1 aliphatic heterocycles. The average Bonchev–Trinajstić information content (AvgIpc) is 3.21. The van der Waals surface area contributed by atoms with E-state index in [4.69, 9.17) is 4.74 Å². The first-order chi connectivity index (χ1) is 16.9. The summed E-state index contributed by atoms with van der Waals surface area (Å²) in [6.07, 6.45) is -3.73. The second-order valence-electron chi connectivity index (χ2n) is 9.53. The predicted octanol–water partition coefficient (Wildman–Crippen LogP) is 5.82. The second kappa shape index (κ2) is 9.57. The van der Waals surface area contributed by atoms with E-state index in [1.807, 2.05) is 6.07 Å². The van der Waals surface area contributed by atoms with Gasteiger partial charge in [-0.15, -0.1) is 13.2 Å². The minimum atomic E-state index is -4.82. The van der Waals surface area contributed by atoms with Crippen LogP contribution in [-0.2, 0) is 4.74 Å². The van der Waals surface area contributed by atoms with Crippen molar-refractivity contribution in [3.8, 4) is 11.8 Å². The number of amides is 1. The van der Waals surface area contributed by atoms with Gasteiger partial charge in [0.2, 0.25) is 0 Å². The molecule has 0 radical (unpaired) electrons. The highest BCUT2D eigenvalue weighted by Gasteiger charge is 2.39. The van der Waals surface area contributed by atoms with Crippen molar-refractivity contribution >= 4 is 22.7 Å². The molecule has 1 N–H and O–H groups in total. The lowest BCUT2D eigenvalue weighted by Gasteiger charge is -2.24. The number of nitriles is 1. The van der Waals surface area contributed by atoms with E-state index < -0.39 is 18.1 Å². The fraction of sp³-hybridized carbons (Fsp3) is 0.346. The summed E-state index contributed by atoms with van der Waals surface area (Å²) in [7, 11) is 0. The SMILES string of the molecule is CC(C)(C)OC(=O)N1CC(Nc2ccc(C#N)c3ncccc23)C(c2cccc(OC(F)(F)F)c2)C1. The van der Waals surface area contributed by atoms with Gasteiger partial charge in [-0.05, 0) is 62.7 Å². The Morgan fingerprint density at radius 2 is 1.92 bits per heavy atom. The topological polar surface area (TPSA) is 87.5 Å². The average molecular weight is 499 g/mol. The number of nitrogens with one attached hydrogen (secondary N) is 1. The normalized spacial score (nSPS) is 18.1. The van der Waals surface area contributed by atoms with E-state index in [-0.39, 0.29) is 30.8 Å². The maximum absolute atomic E-state index is 12.8. The van der Waals surface area contributed by atoms with Gasteiger partial charge in [0.1, 0.15) is 17.4 Å². The van der Waals surface area contributed by atoms with Crippen molar-refractivity contribution in [2.75, 3.05) is 18.4 Å². The Hall–Kier alpha value is -4.00. The molecular formula is C26H25F3N4O3. The van der Waals surface area contributed by atoms with E-state index in [1.165, 1.54) is 23.1 Å². The standard InChI is InChI=1S/C26H25F3N4O3/c1-25(2,3)36-24(34)33-14-20(16-6-4-7-18(12-16)35-26(27,28)29)22(15-33)32-21-10-9-17(13-30)23-19(21)8-5-11-31-23/h4-12,20,22,32H,14-15H2,1-3H3. The van der Waals surface area contributed by atoms with Crippen LogP contribution in [0.15, 0.2) is 54.7 Å². The van der Waals surface area contributed by atoms with Crippen molar-refractivity contribution in [2.24, 2.45) is 0 Å². The van der Waals surface area contributed by atoms with Crippen LogP contribution >= 0.6 is 0 Å². The maximum atomic E-state index is 12.8. The molecular weight excluding hydrogens is 473 g/mol. The van der Waals surface area contributed by atoms with Gasteiger partial charge in [0.05, 0.1) is 17.1 Å². The van der Waals surface area contributed by atoms with Gasteiger partial charge in [-0.1, -0.05) is 12.1 Å². The van der Waals surface area contributed by atoms with Crippen molar-refractivity contribution < 1.29 is 27.4 Å². The van der Waals surface area contributed by atoms with Crippen LogP contribution in [0.1, 0.15) is 37.8 Å². The number of nitrogens with zero attached hydrogens (tertiary/aromatic N) is 3. The highest BCUT2D eigenvalue weighted by atomic mass is 19.4. The molecule has 1 fully saturated rings. The number of benzene rings is 2. The lowest BCUT2D eigenvalue weighted by molar-refractivity contribution is -0.274. The van der Waals surface area contributed by atoms with Crippen LogP contribution in [0, 0.1) is 11.3 Å². The highest BCUT2D eigenvalue weighted by Crippen LogP contribution is 2.35. The minimum Gasteiger partial charge on any atom is -0.444 e. The summed E-state index contributed by atoms with van der Waals surface area (Å²) in [6, 6.07) is 14.5. The number of alkyl halides is 3. The highest BCUT2D eigenvalue weighted by molar-refractivity contribution is 5.95. The zero-order valence-electron chi connectivity index (χ0n) is 20.0. The van der Waals surface area contributed by atoms with Crippen LogP contribution in [-0.4, -0.2) is 47.1 Å². The molecule has 2 aromatic carbocycles. The van der Waals surface area contributed by atoms with Crippen LogP contribution in [0.5, 0.6) is 5.75 Å². The number of aromatic nitrogens is 1. The summed E-state index contributed by atoms with van der Waals surface area (Å²) >= 11 is 0. The first kappa shape index (κ1) is 25.1. The van der Waals surface area contributed by atoms with Crippen LogP contribution in [0.4, 0.5) is 23.7 Å². The van der Waals surface area contributed by atoms with Crippen LogP contribution in [0.2, 0.25) is 0 Å². The number of fused-ring (bicyclic) bond motifs is 1. The summed E-state index contributed by atoms with van der Waals surface area (Å²) in [5.74, 6) is -0.695. The maximum Gasteiger partial charge on any atom is 0.573 e. The zero-order chi connectivity index (χ0) is 26.1. The van der Waals surface area contributed by atoms with E-state index in [0.29, 0.717) is 22.3 Å². The fourth-order valence-corrected chi connectivity index (χ4v) is 4.29. The number of hydrogen-bond acceptors (Lipinski definition) is 6. The van der Waals surface area contributed by atoms with Gasteiger partial charge in [-0.25, -0.2) is 4.79 Å². The number of carbonyl (C=O) groups excluding carboxylic acids is 1. The summed E-state index contributed by atoms with van der Waals surface area (Å²) in [4.78, 5) is 18.7. The van der Waals surface area contributed by atoms with Crippen LogP contribution in [0.3, 0.4) is 0 Å². The van der Waals surface area contributed by atoms with Gasteiger partial charge in [0.25, 0.3) is 0 Å². The summed E-state index contributed by atoms with van der Waals surface area (Å²) in [5.41, 5.74) is 1.53. The molecule has 1 saturated heterocycles. The molecule has 3 aromatic rings. The van der Waals surface area contributed by atoms with E-state index in [1.54, 1.807) is 51.2 Å². The monoisotopic (exact) mass is 498 g/mol. The molecule has 7 nitrogen and oxygen atoms in total. The molecule has 0 aliphatic carbocycles. The molecule has 188 valence electrons. The summed E-state index contributed by atoms with van der Waals surface area (Å²) < 4.78 is 48.1. The number of anilines is 1. The minimum absolute atomic E-state index is 0.231. The number of likely N-dealkylation sites (tertiary alicyclic amines) is 1. The zero-order valence-corrected chi connectivity index (χ0v) is 20.0. The van der Waals surface area contributed by atoms with Gasteiger partial charge in [0.15, 0.2) is 0 Å². The third-order valence-corrected chi connectivity index (χ3v) is 5.72. The molecule has 36 heavy (non-hydrogen) atoms. The molecule has 2 atom stereocenters. The third kappa shape index (κ3) is 5.79.